The summed E-state index contributed by atoms with van der Waals surface area (Å²) in [7, 11) is 2.00. The molecular weight excluding hydrogens is 340 g/mol. The number of hydrogen-bond acceptors (Lipinski definition) is 6. The Hall–Kier alpha value is -1.28. The highest BCUT2D eigenvalue weighted by atomic mass is 35.5. The summed E-state index contributed by atoms with van der Waals surface area (Å²) in [6.07, 6.45) is 0.807. The third-order valence-electron chi connectivity index (χ3n) is 3.13. The average Bonchev–Trinajstić information content (AvgIpc) is 3.05. The summed E-state index contributed by atoms with van der Waals surface area (Å²) < 4.78 is 2.17. The van der Waals surface area contributed by atoms with Crippen LogP contribution in [0.2, 0.25) is 4.34 Å². The van der Waals surface area contributed by atoms with E-state index in [1.165, 1.54) is 20.7 Å². The van der Waals surface area contributed by atoms with Gasteiger partial charge >= 0.3 is 0 Å². The van der Waals surface area contributed by atoms with Crippen LogP contribution in [0.3, 0.4) is 0 Å². The number of fused-ring (bicyclic) bond motifs is 1. The molecule has 0 spiro atoms. The van der Waals surface area contributed by atoms with Gasteiger partial charge < -0.3 is 0 Å². The summed E-state index contributed by atoms with van der Waals surface area (Å²) >= 11 is 8.98. The molecule has 3 heterocycles. The summed E-state index contributed by atoms with van der Waals surface area (Å²) in [5.74, 6) is 0. The van der Waals surface area contributed by atoms with E-state index in [1.807, 2.05) is 26.1 Å². The Morgan fingerprint density at radius 2 is 2.14 bits per heavy atom. The van der Waals surface area contributed by atoms with Crippen LogP contribution in [0.5, 0.6) is 0 Å². The van der Waals surface area contributed by atoms with E-state index in [4.69, 9.17) is 11.6 Å². The SMILES string of the molecule is CCc1nn2c(=O)cc(CN(C)Cc3ccc(Cl)s3)nc2s1. The van der Waals surface area contributed by atoms with Gasteiger partial charge in [-0.25, -0.2) is 4.98 Å². The van der Waals surface area contributed by atoms with Gasteiger partial charge in [0.2, 0.25) is 4.96 Å². The Bertz CT molecular complexity index is 854. The number of nitrogens with zero attached hydrogens (tertiary/aromatic N) is 4. The van der Waals surface area contributed by atoms with Gasteiger partial charge in [-0.1, -0.05) is 29.9 Å². The van der Waals surface area contributed by atoms with Crippen molar-refractivity contribution in [1.29, 1.82) is 0 Å². The quantitative estimate of drug-likeness (QED) is 0.706. The van der Waals surface area contributed by atoms with Gasteiger partial charge in [0.25, 0.3) is 5.56 Å². The molecule has 3 aromatic heterocycles. The predicted molar refractivity (Wildman–Crippen MR) is 91.0 cm³/mol. The van der Waals surface area contributed by atoms with Crippen molar-refractivity contribution in [3.63, 3.8) is 0 Å². The summed E-state index contributed by atoms with van der Waals surface area (Å²) in [6, 6.07) is 5.48. The maximum atomic E-state index is 12.1. The molecule has 0 aliphatic carbocycles. The van der Waals surface area contributed by atoms with Crippen molar-refractivity contribution in [3.05, 3.63) is 48.5 Å². The van der Waals surface area contributed by atoms with Crippen LogP contribution in [0.15, 0.2) is 23.0 Å². The third-order valence-corrected chi connectivity index (χ3v) is 5.40. The first-order chi connectivity index (χ1) is 10.5. The lowest BCUT2D eigenvalue weighted by Gasteiger charge is -2.14. The fourth-order valence-electron chi connectivity index (χ4n) is 2.15. The number of thiophene rings is 1. The Kier molecular flexibility index (Phi) is 4.58. The van der Waals surface area contributed by atoms with Gasteiger partial charge in [0, 0.05) is 24.0 Å². The van der Waals surface area contributed by atoms with Crippen LogP contribution >= 0.6 is 34.3 Å². The van der Waals surface area contributed by atoms with Crippen molar-refractivity contribution in [2.75, 3.05) is 7.05 Å². The first-order valence-corrected chi connectivity index (χ1v) is 8.87. The second-order valence-electron chi connectivity index (χ2n) is 5.01. The molecule has 0 aromatic carbocycles. The summed E-state index contributed by atoms with van der Waals surface area (Å²) in [6.45, 7) is 3.41. The minimum atomic E-state index is -0.122. The zero-order valence-electron chi connectivity index (χ0n) is 12.2. The molecule has 0 bridgehead atoms. The van der Waals surface area contributed by atoms with Crippen LogP contribution in [-0.2, 0) is 19.5 Å². The predicted octanol–water partition coefficient (Wildman–Crippen LogP) is 3.06. The first kappa shape index (κ1) is 15.6. The smallest absolute Gasteiger partial charge is 0.275 e. The molecule has 0 amide bonds. The molecule has 0 fully saturated rings. The molecule has 0 saturated heterocycles. The topological polar surface area (TPSA) is 50.5 Å². The van der Waals surface area contributed by atoms with E-state index < -0.39 is 0 Å². The Morgan fingerprint density at radius 3 is 2.82 bits per heavy atom. The van der Waals surface area contributed by atoms with E-state index in [0.717, 1.165) is 28.0 Å². The number of aryl methyl sites for hydroxylation is 1. The van der Waals surface area contributed by atoms with Gasteiger partial charge in [0.05, 0.1) is 10.0 Å². The van der Waals surface area contributed by atoms with Crippen molar-refractivity contribution in [2.45, 2.75) is 26.4 Å². The molecule has 0 atom stereocenters. The third kappa shape index (κ3) is 3.38. The second-order valence-corrected chi connectivity index (χ2v) is 7.85. The molecule has 5 nitrogen and oxygen atoms in total. The highest BCUT2D eigenvalue weighted by Crippen LogP contribution is 2.22. The molecule has 3 aromatic rings. The van der Waals surface area contributed by atoms with E-state index in [-0.39, 0.29) is 5.56 Å². The highest BCUT2D eigenvalue weighted by Gasteiger charge is 2.10. The largest absolute Gasteiger partial charge is 0.295 e. The average molecular weight is 355 g/mol. The van der Waals surface area contributed by atoms with Crippen molar-refractivity contribution in [1.82, 2.24) is 19.5 Å². The molecule has 0 radical (unpaired) electrons. The van der Waals surface area contributed by atoms with Gasteiger partial charge in [0.1, 0.15) is 5.01 Å². The van der Waals surface area contributed by atoms with Gasteiger partial charge in [-0.3, -0.25) is 9.69 Å². The summed E-state index contributed by atoms with van der Waals surface area (Å²) in [5, 5.41) is 5.17. The van der Waals surface area contributed by atoms with E-state index >= 15 is 0 Å². The van der Waals surface area contributed by atoms with Crippen molar-refractivity contribution < 1.29 is 0 Å². The van der Waals surface area contributed by atoms with Crippen LogP contribution < -0.4 is 5.56 Å². The van der Waals surface area contributed by atoms with Crippen LogP contribution in [-0.4, -0.2) is 26.5 Å². The van der Waals surface area contributed by atoms with E-state index in [2.05, 4.69) is 15.0 Å². The lowest BCUT2D eigenvalue weighted by atomic mass is 10.3. The fourth-order valence-corrected chi connectivity index (χ4v) is 4.18. The minimum absolute atomic E-state index is 0.122. The maximum Gasteiger partial charge on any atom is 0.275 e. The molecule has 116 valence electrons. The van der Waals surface area contributed by atoms with Crippen molar-refractivity contribution in [2.24, 2.45) is 0 Å². The van der Waals surface area contributed by atoms with Crippen LogP contribution in [0, 0.1) is 0 Å². The van der Waals surface area contributed by atoms with Crippen molar-refractivity contribution in [3.8, 4) is 0 Å². The Morgan fingerprint density at radius 1 is 1.32 bits per heavy atom. The van der Waals surface area contributed by atoms with Gasteiger partial charge in [0.15, 0.2) is 0 Å². The van der Waals surface area contributed by atoms with Crippen LogP contribution in [0.4, 0.5) is 0 Å². The van der Waals surface area contributed by atoms with E-state index in [0.29, 0.717) is 11.5 Å². The van der Waals surface area contributed by atoms with Gasteiger partial charge in [-0.2, -0.15) is 9.61 Å². The zero-order valence-corrected chi connectivity index (χ0v) is 14.6. The molecule has 0 aliphatic heterocycles. The Labute approximate surface area is 140 Å². The first-order valence-electron chi connectivity index (χ1n) is 6.86. The van der Waals surface area contributed by atoms with Gasteiger partial charge in [-0.15, -0.1) is 11.3 Å². The second kappa shape index (κ2) is 6.45. The molecule has 22 heavy (non-hydrogen) atoms. The lowest BCUT2D eigenvalue weighted by Crippen LogP contribution is -2.21. The molecule has 3 rings (SSSR count). The van der Waals surface area contributed by atoms with E-state index in [1.54, 1.807) is 17.4 Å². The van der Waals surface area contributed by atoms with Crippen LogP contribution in [0.1, 0.15) is 22.5 Å². The molecular formula is C14H15ClN4OS2. The zero-order chi connectivity index (χ0) is 15.7. The monoisotopic (exact) mass is 354 g/mol. The number of halogens is 1. The number of aromatic nitrogens is 3. The minimum Gasteiger partial charge on any atom is -0.295 e. The number of rotatable bonds is 5. The summed E-state index contributed by atoms with van der Waals surface area (Å²) in [5.41, 5.74) is 0.643. The van der Waals surface area contributed by atoms with Gasteiger partial charge in [-0.05, 0) is 25.6 Å². The lowest BCUT2D eigenvalue weighted by molar-refractivity contribution is 0.318. The standard InChI is InChI=1S/C14H15ClN4OS2/c1-3-12-17-19-13(20)6-9(16-14(19)22-12)7-18(2)8-10-4-5-11(15)21-10/h4-6H,3,7-8H2,1-2H3. The van der Waals surface area contributed by atoms with Crippen molar-refractivity contribution >= 4 is 39.2 Å². The molecule has 8 heteroatoms. The fraction of sp³-hybridized carbons (Fsp3) is 0.357. The van der Waals surface area contributed by atoms with E-state index in [9.17, 15) is 4.79 Å². The molecule has 0 saturated carbocycles. The molecule has 0 unspecified atom stereocenters. The van der Waals surface area contributed by atoms with Crippen LogP contribution in [0.25, 0.3) is 4.96 Å². The molecule has 0 aliphatic rings. The normalized spacial score (nSPS) is 11.6. The number of hydrogen-bond donors (Lipinski definition) is 0. The highest BCUT2D eigenvalue weighted by molar-refractivity contribution is 7.16. The molecule has 0 N–H and O–H groups in total. The maximum absolute atomic E-state index is 12.1. The summed E-state index contributed by atoms with van der Waals surface area (Å²) in [4.78, 5) is 20.6. The Balaban J connectivity index is 1.79.